The number of ether oxygens (including phenoxy) is 1. The number of phenols is 1. The Balaban J connectivity index is 2.53. The molecule has 1 aromatic rings. The molecule has 0 heterocycles. The van der Waals surface area contributed by atoms with Crippen molar-refractivity contribution in [2.45, 2.75) is 39.7 Å². The molecular weight excluding hydrogens is 214 g/mol. The lowest BCUT2D eigenvalue weighted by molar-refractivity contribution is 0.373. The zero-order chi connectivity index (χ0) is 12.8. The number of nitrogens with one attached hydrogen (secondary N) is 1. The molecule has 0 fully saturated rings. The third-order valence-corrected chi connectivity index (χ3v) is 2.77. The molecular formula is C14H23NO2. The van der Waals surface area contributed by atoms with Crippen molar-refractivity contribution in [2.24, 2.45) is 5.92 Å². The van der Waals surface area contributed by atoms with E-state index < -0.39 is 0 Å². The summed E-state index contributed by atoms with van der Waals surface area (Å²) in [6.45, 7) is 6.61. The molecule has 96 valence electrons. The zero-order valence-corrected chi connectivity index (χ0v) is 11.2. The number of phenolic OH excluding ortho intramolecular Hbond substituents is 1. The van der Waals surface area contributed by atoms with Crippen molar-refractivity contribution in [1.82, 2.24) is 0 Å². The summed E-state index contributed by atoms with van der Waals surface area (Å²) in [5.41, 5.74) is 0.930. The van der Waals surface area contributed by atoms with Crippen molar-refractivity contribution in [3.05, 3.63) is 18.2 Å². The average Bonchev–Trinajstić information content (AvgIpc) is 2.26. The van der Waals surface area contributed by atoms with E-state index in [4.69, 9.17) is 4.74 Å². The summed E-state index contributed by atoms with van der Waals surface area (Å²) in [4.78, 5) is 0. The predicted molar refractivity (Wildman–Crippen MR) is 71.8 cm³/mol. The normalized spacial score (nSPS) is 12.5. The molecule has 2 N–H and O–H groups in total. The van der Waals surface area contributed by atoms with Crippen LogP contribution in [0.3, 0.4) is 0 Å². The predicted octanol–water partition coefficient (Wildman–Crippen LogP) is 3.64. The maximum absolute atomic E-state index is 9.66. The average molecular weight is 237 g/mol. The lowest BCUT2D eigenvalue weighted by Crippen LogP contribution is -2.15. The van der Waals surface area contributed by atoms with E-state index in [9.17, 15) is 5.11 Å². The first-order valence-corrected chi connectivity index (χ1v) is 6.16. The Morgan fingerprint density at radius 2 is 1.94 bits per heavy atom. The highest BCUT2D eigenvalue weighted by atomic mass is 16.5. The Morgan fingerprint density at radius 3 is 2.47 bits per heavy atom. The molecule has 0 radical (unpaired) electrons. The van der Waals surface area contributed by atoms with Crippen molar-refractivity contribution in [1.29, 1.82) is 0 Å². The fourth-order valence-corrected chi connectivity index (χ4v) is 1.72. The van der Waals surface area contributed by atoms with Crippen molar-refractivity contribution in [2.75, 3.05) is 12.4 Å². The van der Waals surface area contributed by atoms with Gasteiger partial charge in [0.2, 0.25) is 0 Å². The highest BCUT2D eigenvalue weighted by Gasteiger charge is 2.06. The summed E-state index contributed by atoms with van der Waals surface area (Å²) >= 11 is 0. The van der Waals surface area contributed by atoms with Gasteiger partial charge in [-0.2, -0.15) is 0 Å². The van der Waals surface area contributed by atoms with Crippen molar-refractivity contribution >= 4 is 5.69 Å². The standard InChI is InChI=1S/C14H23NO2/c1-10(2)5-6-11(3)15-12-7-8-14(17-4)13(16)9-12/h7-11,15-16H,5-6H2,1-4H3. The van der Waals surface area contributed by atoms with E-state index >= 15 is 0 Å². The molecule has 0 amide bonds. The second-order valence-corrected chi connectivity index (χ2v) is 4.90. The minimum absolute atomic E-state index is 0.175. The van der Waals surface area contributed by atoms with Crippen LogP contribution < -0.4 is 10.1 Å². The Morgan fingerprint density at radius 1 is 1.24 bits per heavy atom. The van der Waals surface area contributed by atoms with E-state index in [2.05, 4.69) is 26.1 Å². The topological polar surface area (TPSA) is 41.5 Å². The molecule has 1 rings (SSSR count). The maximum Gasteiger partial charge on any atom is 0.160 e. The largest absolute Gasteiger partial charge is 0.504 e. The monoisotopic (exact) mass is 237 g/mol. The van der Waals surface area contributed by atoms with Gasteiger partial charge in [0.25, 0.3) is 0 Å². The van der Waals surface area contributed by atoms with Crippen LogP contribution in [0.2, 0.25) is 0 Å². The third kappa shape index (κ3) is 4.55. The van der Waals surface area contributed by atoms with Crippen LogP contribution in [-0.2, 0) is 0 Å². The van der Waals surface area contributed by atoms with Crippen LogP contribution in [0.4, 0.5) is 5.69 Å². The minimum atomic E-state index is 0.175. The third-order valence-electron chi connectivity index (χ3n) is 2.77. The molecule has 0 aliphatic heterocycles. The van der Waals surface area contributed by atoms with Gasteiger partial charge in [-0.1, -0.05) is 13.8 Å². The number of methoxy groups -OCH3 is 1. The second kappa shape index (κ2) is 6.38. The first-order valence-electron chi connectivity index (χ1n) is 6.16. The number of anilines is 1. The Hall–Kier alpha value is -1.38. The molecule has 0 spiro atoms. The van der Waals surface area contributed by atoms with Gasteiger partial charge in [-0.15, -0.1) is 0 Å². The van der Waals surface area contributed by atoms with Crippen molar-refractivity contribution in [3.8, 4) is 11.5 Å². The molecule has 3 nitrogen and oxygen atoms in total. The van der Waals surface area contributed by atoms with E-state index in [-0.39, 0.29) is 5.75 Å². The maximum atomic E-state index is 9.66. The summed E-state index contributed by atoms with van der Waals surface area (Å²) in [5.74, 6) is 1.41. The molecule has 0 aliphatic rings. The zero-order valence-electron chi connectivity index (χ0n) is 11.2. The van der Waals surface area contributed by atoms with Crippen LogP contribution in [0.5, 0.6) is 11.5 Å². The van der Waals surface area contributed by atoms with Crippen LogP contribution in [0.15, 0.2) is 18.2 Å². The van der Waals surface area contributed by atoms with E-state index in [0.29, 0.717) is 11.8 Å². The van der Waals surface area contributed by atoms with Crippen LogP contribution in [0.1, 0.15) is 33.6 Å². The van der Waals surface area contributed by atoms with Crippen LogP contribution in [0.25, 0.3) is 0 Å². The Labute approximate surface area is 104 Å². The van der Waals surface area contributed by atoms with Gasteiger partial charge < -0.3 is 15.2 Å². The Kier molecular flexibility index (Phi) is 5.13. The fraction of sp³-hybridized carbons (Fsp3) is 0.571. The molecule has 0 saturated heterocycles. The quantitative estimate of drug-likeness (QED) is 0.793. The van der Waals surface area contributed by atoms with Gasteiger partial charge >= 0.3 is 0 Å². The Bertz CT molecular complexity index is 350. The fourth-order valence-electron chi connectivity index (χ4n) is 1.72. The number of rotatable bonds is 6. The van der Waals surface area contributed by atoms with E-state index in [1.165, 1.54) is 6.42 Å². The summed E-state index contributed by atoms with van der Waals surface area (Å²) in [7, 11) is 1.55. The van der Waals surface area contributed by atoms with E-state index in [1.807, 2.05) is 6.07 Å². The number of hydrogen-bond acceptors (Lipinski definition) is 3. The molecule has 1 unspecified atom stereocenters. The first kappa shape index (κ1) is 13.7. The van der Waals surface area contributed by atoms with Gasteiger partial charge in [-0.05, 0) is 37.8 Å². The van der Waals surface area contributed by atoms with Crippen LogP contribution >= 0.6 is 0 Å². The van der Waals surface area contributed by atoms with Gasteiger partial charge in [0.15, 0.2) is 11.5 Å². The van der Waals surface area contributed by atoms with Crippen LogP contribution in [0, 0.1) is 5.92 Å². The minimum Gasteiger partial charge on any atom is -0.504 e. The van der Waals surface area contributed by atoms with Gasteiger partial charge in [0.05, 0.1) is 7.11 Å². The van der Waals surface area contributed by atoms with Gasteiger partial charge in [-0.3, -0.25) is 0 Å². The first-order chi connectivity index (χ1) is 8.02. The van der Waals surface area contributed by atoms with Crippen LogP contribution in [-0.4, -0.2) is 18.3 Å². The van der Waals surface area contributed by atoms with Gasteiger partial charge in [0, 0.05) is 17.8 Å². The van der Waals surface area contributed by atoms with Crippen molar-refractivity contribution < 1.29 is 9.84 Å². The van der Waals surface area contributed by atoms with E-state index in [0.717, 1.165) is 18.0 Å². The SMILES string of the molecule is COc1ccc(NC(C)CCC(C)C)cc1O. The molecule has 0 saturated carbocycles. The summed E-state index contributed by atoms with van der Waals surface area (Å²) in [6.07, 6.45) is 2.33. The lowest BCUT2D eigenvalue weighted by Gasteiger charge is -2.17. The molecule has 0 aliphatic carbocycles. The molecule has 1 atom stereocenters. The second-order valence-electron chi connectivity index (χ2n) is 4.90. The summed E-state index contributed by atoms with van der Waals surface area (Å²) in [5, 5.41) is 13.0. The van der Waals surface area contributed by atoms with Gasteiger partial charge in [0.1, 0.15) is 0 Å². The summed E-state index contributed by atoms with van der Waals surface area (Å²) < 4.78 is 5.01. The number of aromatic hydroxyl groups is 1. The molecule has 0 bridgehead atoms. The van der Waals surface area contributed by atoms with Gasteiger partial charge in [-0.25, -0.2) is 0 Å². The lowest BCUT2D eigenvalue weighted by atomic mass is 10.0. The molecule has 0 aromatic heterocycles. The molecule has 17 heavy (non-hydrogen) atoms. The highest BCUT2D eigenvalue weighted by Crippen LogP contribution is 2.29. The summed E-state index contributed by atoms with van der Waals surface area (Å²) in [6, 6.07) is 5.80. The van der Waals surface area contributed by atoms with Crippen molar-refractivity contribution in [3.63, 3.8) is 0 Å². The highest BCUT2D eigenvalue weighted by molar-refractivity contribution is 5.54. The molecule has 1 aromatic carbocycles. The molecule has 3 heteroatoms. The number of hydrogen-bond donors (Lipinski definition) is 2. The smallest absolute Gasteiger partial charge is 0.160 e. The van der Waals surface area contributed by atoms with E-state index in [1.54, 1.807) is 19.2 Å². The number of benzene rings is 1.